The number of esters is 1. The Balaban J connectivity index is 1.63. The second-order valence-electron chi connectivity index (χ2n) is 7.29. The highest BCUT2D eigenvalue weighted by atomic mass is 16.7. The molecule has 33 heavy (non-hydrogen) atoms. The van der Waals surface area contributed by atoms with E-state index < -0.39 is 23.7 Å². The number of furan rings is 1. The molecule has 1 unspecified atom stereocenters. The van der Waals surface area contributed by atoms with Crippen LogP contribution >= 0.6 is 0 Å². The number of ether oxygens (including phenoxy) is 3. The van der Waals surface area contributed by atoms with Crippen molar-refractivity contribution in [3.63, 3.8) is 0 Å². The van der Waals surface area contributed by atoms with Gasteiger partial charge in [0.05, 0.1) is 24.5 Å². The van der Waals surface area contributed by atoms with E-state index in [2.05, 4.69) is 0 Å². The highest BCUT2D eigenvalue weighted by molar-refractivity contribution is 6.51. The zero-order chi connectivity index (χ0) is 23.1. The van der Waals surface area contributed by atoms with Crippen LogP contribution in [0, 0.1) is 0 Å². The zero-order valence-corrected chi connectivity index (χ0v) is 17.3. The quantitative estimate of drug-likeness (QED) is 0.280. The molecule has 0 saturated carbocycles. The Kier molecular flexibility index (Phi) is 4.86. The Morgan fingerprint density at radius 2 is 1.76 bits per heavy atom. The Labute approximate surface area is 187 Å². The molecule has 2 aliphatic rings. The lowest BCUT2D eigenvalue weighted by Crippen LogP contribution is -2.29. The largest absolute Gasteiger partial charge is 0.507 e. The van der Waals surface area contributed by atoms with Crippen LogP contribution in [-0.4, -0.2) is 36.7 Å². The fourth-order valence-corrected chi connectivity index (χ4v) is 3.89. The van der Waals surface area contributed by atoms with Crippen LogP contribution in [0.15, 0.2) is 70.9 Å². The lowest BCUT2D eigenvalue weighted by atomic mass is 9.99. The van der Waals surface area contributed by atoms with Crippen LogP contribution in [-0.2, 0) is 14.3 Å². The van der Waals surface area contributed by atoms with Crippen molar-refractivity contribution in [1.82, 2.24) is 0 Å². The monoisotopic (exact) mass is 447 g/mol. The molecular weight excluding hydrogens is 430 g/mol. The van der Waals surface area contributed by atoms with E-state index in [0.29, 0.717) is 17.2 Å². The molecule has 1 aromatic heterocycles. The Morgan fingerprint density at radius 3 is 2.45 bits per heavy atom. The highest BCUT2D eigenvalue weighted by Gasteiger charge is 2.48. The predicted molar refractivity (Wildman–Crippen MR) is 114 cm³/mol. The second kappa shape index (κ2) is 7.86. The number of amides is 1. The van der Waals surface area contributed by atoms with Crippen LogP contribution < -0.4 is 14.4 Å². The summed E-state index contributed by atoms with van der Waals surface area (Å²) < 4.78 is 20.9. The van der Waals surface area contributed by atoms with Gasteiger partial charge in [0.2, 0.25) is 6.79 Å². The Hall–Kier alpha value is -4.53. The molecule has 2 aliphatic heterocycles. The van der Waals surface area contributed by atoms with Crippen molar-refractivity contribution in [3.8, 4) is 11.5 Å². The van der Waals surface area contributed by atoms with Gasteiger partial charge in [-0.1, -0.05) is 0 Å². The van der Waals surface area contributed by atoms with Crippen molar-refractivity contribution in [1.29, 1.82) is 0 Å². The highest BCUT2D eigenvalue weighted by Crippen LogP contribution is 2.43. The molecule has 3 heterocycles. The van der Waals surface area contributed by atoms with Gasteiger partial charge in [0.25, 0.3) is 11.7 Å². The standard InChI is InChI=1S/C24H17NO8/c1-30-24(29)13-4-7-15(8-5-13)25-20(17-3-2-10-31-17)19(22(27)23(25)28)21(26)14-6-9-16-18(11-14)33-12-32-16/h2-11,20,26H,12H2,1H3/b21-19-. The number of carbonyl (C=O) groups excluding carboxylic acids is 3. The normalized spacial score (nSPS) is 18.6. The average molecular weight is 447 g/mol. The molecule has 1 fully saturated rings. The van der Waals surface area contributed by atoms with E-state index in [9.17, 15) is 19.5 Å². The summed E-state index contributed by atoms with van der Waals surface area (Å²) in [5.74, 6) is -1.40. The van der Waals surface area contributed by atoms with Gasteiger partial charge in [-0.2, -0.15) is 0 Å². The third-order valence-electron chi connectivity index (χ3n) is 5.47. The van der Waals surface area contributed by atoms with Gasteiger partial charge >= 0.3 is 5.97 Å². The first-order valence-electron chi connectivity index (χ1n) is 9.92. The van der Waals surface area contributed by atoms with Crippen LogP contribution in [0.5, 0.6) is 11.5 Å². The minimum Gasteiger partial charge on any atom is -0.507 e. The molecular formula is C24H17NO8. The number of nitrogens with zero attached hydrogens (tertiary/aromatic N) is 1. The van der Waals surface area contributed by atoms with Gasteiger partial charge < -0.3 is 23.7 Å². The summed E-state index contributed by atoms with van der Waals surface area (Å²) in [6, 6.07) is 12.9. The maximum absolute atomic E-state index is 13.1. The molecule has 0 spiro atoms. The summed E-state index contributed by atoms with van der Waals surface area (Å²) >= 11 is 0. The van der Waals surface area contributed by atoms with E-state index in [4.69, 9.17) is 18.6 Å². The molecule has 0 aliphatic carbocycles. The van der Waals surface area contributed by atoms with Crippen molar-refractivity contribution in [2.45, 2.75) is 6.04 Å². The molecule has 166 valence electrons. The number of aliphatic hydroxyl groups is 1. The Morgan fingerprint density at radius 1 is 1.03 bits per heavy atom. The first-order chi connectivity index (χ1) is 16.0. The third kappa shape index (κ3) is 3.30. The minimum absolute atomic E-state index is 0.0535. The van der Waals surface area contributed by atoms with Crippen LogP contribution in [0.4, 0.5) is 5.69 Å². The fourth-order valence-electron chi connectivity index (χ4n) is 3.89. The van der Waals surface area contributed by atoms with Crippen molar-refractivity contribution < 1.29 is 38.1 Å². The van der Waals surface area contributed by atoms with E-state index in [1.165, 1.54) is 48.6 Å². The SMILES string of the molecule is COC(=O)c1ccc(N2C(=O)C(=O)/C(=C(\O)c3ccc4c(c3)OCO4)C2c2ccco2)cc1. The van der Waals surface area contributed by atoms with E-state index >= 15 is 0 Å². The number of fused-ring (bicyclic) bond motifs is 1. The number of hydrogen-bond donors (Lipinski definition) is 1. The van der Waals surface area contributed by atoms with Gasteiger partial charge in [-0.3, -0.25) is 14.5 Å². The minimum atomic E-state index is -1.02. The number of anilines is 1. The fraction of sp³-hybridized carbons (Fsp3) is 0.125. The average Bonchev–Trinajstić information content (AvgIpc) is 3.58. The third-order valence-corrected chi connectivity index (χ3v) is 5.47. The molecule has 1 saturated heterocycles. The number of aliphatic hydroxyl groups excluding tert-OH is 1. The Bertz CT molecular complexity index is 1290. The molecule has 1 atom stereocenters. The van der Waals surface area contributed by atoms with Crippen LogP contribution in [0.1, 0.15) is 27.7 Å². The maximum Gasteiger partial charge on any atom is 0.337 e. The van der Waals surface area contributed by atoms with Crippen molar-refractivity contribution in [2.75, 3.05) is 18.8 Å². The first-order valence-corrected chi connectivity index (χ1v) is 9.92. The van der Waals surface area contributed by atoms with Gasteiger partial charge in [-0.05, 0) is 54.6 Å². The van der Waals surface area contributed by atoms with E-state index in [1.807, 2.05) is 0 Å². The van der Waals surface area contributed by atoms with Crippen LogP contribution in [0.25, 0.3) is 5.76 Å². The first kappa shape index (κ1) is 20.4. The molecule has 9 heteroatoms. The number of methoxy groups -OCH3 is 1. The summed E-state index contributed by atoms with van der Waals surface area (Å²) in [5.41, 5.74) is 0.782. The molecule has 1 amide bonds. The smallest absolute Gasteiger partial charge is 0.337 e. The van der Waals surface area contributed by atoms with E-state index in [1.54, 1.807) is 24.3 Å². The van der Waals surface area contributed by atoms with Gasteiger partial charge in [-0.15, -0.1) is 0 Å². The van der Waals surface area contributed by atoms with Crippen LogP contribution in [0.3, 0.4) is 0 Å². The number of Topliss-reactive ketones (excluding diaryl/α,β-unsaturated/α-hetero) is 1. The number of rotatable bonds is 4. The zero-order valence-electron chi connectivity index (χ0n) is 17.3. The van der Waals surface area contributed by atoms with Gasteiger partial charge in [0, 0.05) is 11.3 Å². The van der Waals surface area contributed by atoms with Crippen LogP contribution in [0.2, 0.25) is 0 Å². The van der Waals surface area contributed by atoms with Crippen molar-refractivity contribution in [3.05, 3.63) is 83.3 Å². The molecule has 5 rings (SSSR count). The van der Waals surface area contributed by atoms with Gasteiger partial charge in [0.1, 0.15) is 17.6 Å². The van der Waals surface area contributed by atoms with E-state index in [0.717, 1.165) is 0 Å². The summed E-state index contributed by atoms with van der Waals surface area (Å²) in [6.45, 7) is 0.0535. The lowest BCUT2D eigenvalue weighted by Gasteiger charge is -2.23. The number of hydrogen-bond acceptors (Lipinski definition) is 8. The second-order valence-corrected chi connectivity index (χ2v) is 7.29. The van der Waals surface area contributed by atoms with E-state index in [-0.39, 0.29) is 35.0 Å². The number of benzene rings is 2. The maximum atomic E-state index is 13.1. The van der Waals surface area contributed by atoms with Gasteiger partial charge in [0.15, 0.2) is 11.5 Å². The molecule has 1 N–H and O–H groups in total. The summed E-state index contributed by atoms with van der Waals surface area (Å²) in [6.07, 6.45) is 1.41. The summed E-state index contributed by atoms with van der Waals surface area (Å²) in [5, 5.41) is 11.1. The van der Waals surface area contributed by atoms with Gasteiger partial charge in [-0.25, -0.2) is 4.79 Å². The molecule has 0 radical (unpaired) electrons. The molecule has 0 bridgehead atoms. The lowest BCUT2D eigenvalue weighted by molar-refractivity contribution is -0.132. The topological polar surface area (TPSA) is 116 Å². The number of ketones is 1. The van der Waals surface area contributed by atoms with Crippen molar-refractivity contribution in [2.24, 2.45) is 0 Å². The van der Waals surface area contributed by atoms with Crippen molar-refractivity contribution >= 4 is 29.1 Å². The molecule has 3 aromatic rings. The molecule has 9 nitrogen and oxygen atoms in total. The number of carbonyl (C=O) groups is 3. The summed E-state index contributed by atoms with van der Waals surface area (Å²) in [7, 11) is 1.27. The summed E-state index contributed by atoms with van der Waals surface area (Å²) in [4.78, 5) is 39.1. The predicted octanol–water partition coefficient (Wildman–Crippen LogP) is 3.42. The molecule has 2 aromatic carbocycles.